The minimum absolute atomic E-state index is 0.0616. The number of amides is 1. The zero-order valence-corrected chi connectivity index (χ0v) is 14.5. The van der Waals surface area contributed by atoms with E-state index in [0.717, 1.165) is 6.54 Å². The molecule has 2 heterocycles. The summed E-state index contributed by atoms with van der Waals surface area (Å²) >= 11 is 0. The zero-order valence-electron chi connectivity index (χ0n) is 13.7. The Balaban J connectivity index is 2.20. The Labute approximate surface area is 128 Å². The van der Waals surface area contributed by atoms with Gasteiger partial charge in [0.1, 0.15) is 0 Å². The molecule has 0 N–H and O–H groups in total. The number of hydrogen-bond donors (Lipinski definition) is 0. The molecule has 7 heteroatoms. The van der Waals surface area contributed by atoms with Gasteiger partial charge in [-0.3, -0.25) is 9.69 Å². The van der Waals surface area contributed by atoms with Crippen LogP contribution in [0.2, 0.25) is 0 Å². The summed E-state index contributed by atoms with van der Waals surface area (Å²) in [5, 5.41) is -0.399. The molecule has 0 aromatic heterocycles. The van der Waals surface area contributed by atoms with Crippen LogP contribution in [0.5, 0.6) is 0 Å². The van der Waals surface area contributed by atoms with Crippen molar-refractivity contribution in [2.45, 2.75) is 51.4 Å². The SMILES string of the molecule is CC(=O)N1C[C@@H]2CN(S(=O)(=O)C(C)C)CCN2C(C)(C)C1. The van der Waals surface area contributed by atoms with Crippen LogP contribution in [-0.2, 0) is 14.8 Å². The highest BCUT2D eigenvalue weighted by atomic mass is 32.2. The molecular formula is C14H27N3O3S. The molecule has 2 aliphatic heterocycles. The number of rotatable bonds is 2. The third kappa shape index (κ3) is 3.10. The second-order valence-corrected chi connectivity index (χ2v) is 9.50. The van der Waals surface area contributed by atoms with E-state index in [2.05, 4.69) is 18.7 Å². The van der Waals surface area contributed by atoms with Crippen LogP contribution in [0.15, 0.2) is 0 Å². The van der Waals surface area contributed by atoms with E-state index in [1.54, 1.807) is 25.1 Å². The van der Waals surface area contributed by atoms with Crippen molar-refractivity contribution in [1.82, 2.24) is 14.1 Å². The van der Waals surface area contributed by atoms with Crippen molar-refractivity contribution >= 4 is 15.9 Å². The fourth-order valence-corrected chi connectivity index (χ4v) is 4.74. The van der Waals surface area contributed by atoms with Gasteiger partial charge in [0, 0.05) is 51.2 Å². The molecule has 0 bridgehead atoms. The third-order valence-electron chi connectivity index (χ3n) is 4.63. The lowest BCUT2D eigenvalue weighted by Gasteiger charge is -2.55. The monoisotopic (exact) mass is 317 g/mol. The Kier molecular flexibility index (Phi) is 4.39. The Morgan fingerprint density at radius 2 is 1.81 bits per heavy atom. The first-order valence-electron chi connectivity index (χ1n) is 7.57. The lowest BCUT2D eigenvalue weighted by molar-refractivity contribution is -0.138. The number of carbonyl (C=O) groups excluding carboxylic acids is 1. The van der Waals surface area contributed by atoms with Crippen molar-refractivity contribution in [2.24, 2.45) is 0 Å². The van der Waals surface area contributed by atoms with Gasteiger partial charge in [-0.2, -0.15) is 4.31 Å². The average molecular weight is 317 g/mol. The first-order chi connectivity index (χ1) is 9.55. The van der Waals surface area contributed by atoms with Crippen LogP contribution in [0, 0.1) is 0 Å². The smallest absolute Gasteiger partial charge is 0.219 e. The number of piperazine rings is 2. The normalized spacial score (nSPS) is 27.7. The third-order valence-corrected chi connectivity index (χ3v) is 6.88. The molecule has 2 saturated heterocycles. The minimum Gasteiger partial charge on any atom is -0.339 e. The van der Waals surface area contributed by atoms with E-state index in [1.807, 2.05) is 4.90 Å². The van der Waals surface area contributed by atoms with Gasteiger partial charge in [0.25, 0.3) is 0 Å². The van der Waals surface area contributed by atoms with Gasteiger partial charge in [0.2, 0.25) is 15.9 Å². The molecule has 2 fully saturated rings. The predicted octanol–water partition coefficient (Wildman–Crippen LogP) is 0.352. The quantitative estimate of drug-likeness (QED) is 0.737. The molecule has 0 radical (unpaired) electrons. The molecule has 0 aliphatic carbocycles. The van der Waals surface area contributed by atoms with Gasteiger partial charge in [-0.25, -0.2) is 8.42 Å². The predicted molar refractivity (Wildman–Crippen MR) is 82.5 cm³/mol. The molecule has 0 aromatic rings. The summed E-state index contributed by atoms with van der Waals surface area (Å²) in [5.74, 6) is 0.0616. The van der Waals surface area contributed by atoms with E-state index in [0.29, 0.717) is 26.2 Å². The van der Waals surface area contributed by atoms with Crippen molar-refractivity contribution in [3.05, 3.63) is 0 Å². The molecule has 1 atom stereocenters. The first kappa shape index (κ1) is 16.7. The molecule has 0 aromatic carbocycles. The van der Waals surface area contributed by atoms with Crippen LogP contribution in [0.25, 0.3) is 0 Å². The van der Waals surface area contributed by atoms with Crippen molar-refractivity contribution in [3.8, 4) is 0 Å². The van der Waals surface area contributed by atoms with Gasteiger partial charge in [0.15, 0.2) is 0 Å². The Hall–Kier alpha value is -0.660. The molecule has 21 heavy (non-hydrogen) atoms. The van der Waals surface area contributed by atoms with Gasteiger partial charge in [-0.05, 0) is 27.7 Å². The lowest BCUT2D eigenvalue weighted by atomic mass is 9.93. The van der Waals surface area contributed by atoms with E-state index >= 15 is 0 Å². The second-order valence-electron chi connectivity index (χ2n) is 7.01. The van der Waals surface area contributed by atoms with Crippen molar-refractivity contribution in [1.29, 1.82) is 0 Å². The lowest BCUT2D eigenvalue weighted by Crippen LogP contribution is -2.70. The summed E-state index contributed by atoms with van der Waals surface area (Å²) in [5.41, 5.74) is -0.109. The molecular weight excluding hydrogens is 290 g/mol. The summed E-state index contributed by atoms with van der Waals surface area (Å²) in [4.78, 5) is 15.9. The molecule has 122 valence electrons. The Morgan fingerprint density at radius 3 is 2.33 bits per heavy atom. The van der Waals surface area contributed by atoms with Gasteiger partial charge in [-0.1, -0.05) is 0 Å². The molecule has 2 aliphatic rings. The summed E-state index contributed by atoms with van der Waals surface area (Å²) < 4.78 is 26.3. The summed E-state index contributed by atoms with van der Waals surface area (Å²) in [7, 11) is -3.22. The highest BCUT2D eigenvalue weighted by Crippen LogP contribution is 2.29. The van der Waals surface area contributed by atoms with Crippen molar-refractivity contribution in [2.75, 3.05) is 32.7 Å². The average Bonchev–Trinajstić information content (AvgIpc) is 2.36. The molecule has 0 spiro atoms. The highest BCUT2D eigenvalue weighted by Gasteiger charge is 2.45. The Bertz CT molecular complexity index is 516. The van der Waals surface area contributed by atoms with Crippen LogP contribution in [0.1, 0.15) is 34.6 Å². The number of nitrogens with zero attached hydrogens (tertiary/aromatic N) is 3. The molecule has 6 nitrogen and oxygen atoms in total. The van der Waals surface area contributed by atoms with E-state index in [9.17, 15) is 13.2 Å². The van der Waals surface area contributed by atoms with E-state index in [-0.39, 0.29) is 17.5 Å². The van der Waals surface area contributed by atoms with Gasteiger partial charge in [0.05, 0.1) is 5.25 Å². The highest BCUT2D eigenvalue weighted by molar-refractivity contribution is 7.89. The molecule has 0 unspecified atom stereocenters. The van der Waals surface area contributed by atoms with Gasteiger partial charge in [-0.15, -0.1) is 0 Å². The molecule has 0 saturated carbocycles. The number of carbonyl (C=O) groups is 1. The van der Waals surface area contributed by atoms with Crippen molar-refractivity contribution in [3.63, 3.8) is 0 Å². The largest absolute Gasteiger partial charge is 0.339 e. The number of fused-ring (bicyclic) bond motifs is 1. The number of sulfonamides is 1. The van der Waals surface area contributed by atoms with E-state index in [4.69, 9.17) is 0 Å². The zero-order chi connectivity index (χ0) is 16.0. The second kappa shape index (κ2) is 5.52. The van der Waals surface area contributed by atoms with Gasteiger partial charge >= 0.3 is 0 Å². The van der Waals surface area contributed by atoms with Crippen LogP contribution >= 0.6 is 0 Å². The fourth-order valence-electron chi connectivity index (χ4n) is 3.43. The minimum atomic E-state index is -3.22. The summed E-state index contributed by atoms with van der Waals surface area (Å²) in [6.07, 6.45) is 0. The summed E-state index contributed by atoms with van der Waals surface area (Å²) in [6, 6.07) is 0.0833. The van der Waals surface area contributed by atoms with Crippen LogP contribution in [-0.4, -0.2) is 78.0 Å². The maximum Gasteiger partial charge on any atom is 0.219 e. The van der Waals surface area contributed by atoms with Crippen LogP contribution < -0.4 is 0 Å². The van der Waals surface area contributed by atoms with Crippen molar-refractivity contribution < 1.29 is 13.2 Å². The fraction of sp³-hybridized carbons (Fsp3) is 0.929. The maximum absolute atomic E-state index is 12.4. The number of hydrogen-bond acceptors (Lipinski definition) is 4. The first-order valence-corrected chi connectivity index (χ1v) is 9.07. The van der Waals surface area contributed by atoms with E-state index in [1.165, 1.54) is 0 Å². The standard InChI is InChI=1S/C14H27N3O3S/c1-11(2)21(19,20)16-6-7-17-13(9-16)8-15(12(3)18)10-14(17,4)5/h11,13H,6-10H2,1-5H3/t13-/m1/s1. The maximum atomic E-state index is 12.4. The van der Waals surface area contributed by atoms with E-state index < -0.39 is 15.3 Å². The topological polar surface area (TPSA) is 60.9 Å². The summed E-state index contributed by atoms with van der Waals surface area (Å²) in [6.45, 7) is 12.3. The van der Waals surface area contributed by atoms with Gasteiger partial charge < -0.3 is 4.90 Å². The molecule has 2 rings (SSSR count). The molecule has 1 amide bonds. The van der Waals surface area contributed by atoms with Crippen LogP contribution in [0.4, 0.5) is 0 Å². The van der Waals surface area contributed by atoms with Crippen LogP contribution in [0.3, 0.4) is 0 Å². The Morgan fingerprint density at radius 1 is 1.19 bits per heavy atom.